The van der Waals surface area contributed by atoms with Crippen LogP contribution in [0.15, 0.2) is 6.20 Å². The number of carbonyl (C=O) groups excluding carboxylic acids is 1. The molecule has 1 aliphatic rings. The van der Waals surface area contributed by atoms with Gasteiger partial charge in [-0.15, -0.1) is 11.8 Å². The number of pyridine rings is 1. The van der Waals surface area contributed by atoms with Crippen molar-refractivity contribution in [2.24, 2.45) is 0 Å². The van der Waals surface area contributed by atoms with Gasteiger partial charge in [0.2, 0.25) is 0 Å². The van der Waals surface area contributed by atoms with Crippen molar-refractivity contribution in [3.05, 3.63) is 27.0 Å². The van der Waals surface area contributed by atoms with Crippen molar-refractivity contribution < 1.29 is 14.7 Å². The fourth-order valence-electron chi connectivity index (χ4n) is 1.86. The number of hydrogen-bond acceptors (Lipinski definition) is 4. The zero-order valence-electron chi connectivity index (χ0n) is 10.1. The minimum Gasteiger partial charge on any atom is -0.480 e. The molecule has 1 fully saturated rings. The van der Waals surface area contributed by atoms with Crippen molar-refractivity contribution in [2.45, 2.75) is 18.3 Å². The molecule has 2 atom stereocenters. The fraction of sp³-hybridized carbons (Fsp3) is 0.364. The van der Waals surface area contributed by atoms with Gasteiger partial charge in [-0.3, -0.25) is 4.79 Å². The van der Waals surface area contributed by atoms with Crippen LogP contribution in [0, 0.1) is 0 Å². The van der Waals surface area contributed by atoms with Crippen LogP contribution < -0.4 is 0 Å². The van der Waals surface area contributed by atoms with E-state index in [0.29, 0.717) is 5.75 Å². The zero-order valence-corrected chi connectivity index (χ0v) is 13.2. The summed E-state index contributed by atoms with van der Waals surface area (Å²) in [6.07, 6.45) is 1.21. The molecule has 20 heavy (non-hydrogen) atoms. The van der Waals surface area contributed by atoms with Gasteiger partial charge in [-0.05, 0) is 6.92 Å². The Balaban J connectivity index is 2.40. The normalized spacial score (nSPS) is 22.1. The van der Waals surface area contributed by atoms with Crippen molar-refractivity contribution >= 4 is 58.4 Å². The second-order valence-electron chi connectivity index (χ2n) is 4.08. The number of thioether (sulfide) groups is 1. The molecule has 0 bridgehead atoms. The monoisotopic (exact) mass is 354 g/mol. The second-order valence-corrected chi connectivity index (χ2v) is 6.59. The maximum Gasteiger partial charge on any atom is 0.327 e. The van der Waals surface area contributed by atoms with Gasteiger partial charge in [0.1, 0.15) is 11.7 Å². The van der Waals surface area contributed by atoms with Gasteiger partial charge >= 0.3 is 5.97 Å². The lowest BCUT2D eigenvalue weighted by Crippen LogP contribution is -2.45. The predicted molar refractivity (Wildman–Crippen MR) is 78.8 cm³/mol. The molecule has 1 aromatic heterocycles. The Morgan fingerprint density at radius 3 is 2.65 bits per heavy atom. The van der Waals surface area contributed by atoms with Gasteiger partial charge in [-0.25, -0.2) is 9.78 Å². The number of halogens is 3. The third kappa shape index (κ3) is 2.70. The first-order valence-electron chi connectivity index (χ1n) is 5.51. The van der Waals surface area contributed by atoms with Crippen molar-refractivity contribution in [3.8, 4) is 0 Å². The summed E-state index contributed by atoms with van der Waals surface area (Å²) in [4.78, 5) is 28.8. The lowest BCUT2D eigenvalue weighted by atomic mass is 10.2. The van der Waals surface area contributed by atoms with Crippen LogP contribution >= 0.6 is 46.6 Å². The van der Waals surface area contributed by atoms with Crippen LogP contribution in [0.1, 0.15) is 17.4 Å². The molecule has 0 aliphatic carbocycles. The number of carbonyl (C=O) groups is 2. The Hall–Kier alpha value is -0.690. The third-order valence-electron chi connectivity index (χ3n) is 2.86. The molecular weight excluding hydrogens is 347 g/mol. The molecule has 0 spiro atoms. The maximum atomic E-state index is 12.5. The molecule has 5 nitrogen and oxygen atoms in total. The number of carboxylic acids is 1. The standard InChI is InChI=1S/C11H9Cl3N2O3S/c1-4-16(6(3-20-4)11(18)19)10(17)9-8(14)7(13)5(12)2-15-9/h2,4,6H,3H2,1H3,(H,18,19). The van der Waals surface area contributed by atoms with Crippen molar-refractivity contribution in [1.82, 2.24) is 9.88 Å². The van der Waals surface area contributed by atoms with Crippen LogP contribution in [0.2, 0.25) is 15.1 Å². The van der Waals surface area contributed by atoms with Crippen LogP contribution in [0.3, 0.4) is 0 Å². The number of aliphatic carboxylic acids is 1. The van der Waals surface area contributed by atoms with E-state index in [-0.39, 0.29) is 26.1 Å². The molecule has 1 amide bonds. The number of rotatable bonds is 2. The van der Waals surface area contributed by atoms with E-state index >= 15 is 0 Å². The molecule has 1 N–H and O–H groups in total. The fourth-order valence-corrected chi connectivity index (χ4v) is 3.58. The molecule has 1 aliphatic heterocycles. The van der Waals surface area contributed by atoms with Crippen LogP contribution in [0.4, 0.5) is 0 Å². The molecule has 9 heteroatoms. The largest absolute Gasteiger partial charge is 0.480 e. The van der Waals surface area contributed by atoms with Crippen molar-refractivity contribution in [2.75, 3.05) is 5.75 Å². The third-order valence-corrected chi connectivity index (χ3v) is 5.32. The lowest BCUT2D eigenvalue weighted by Gasteiger charge is -2.25. The summed E-state index contributed by atoms with van der Waals surface area (Å²) in [5.41, 5.74) is -0.0957. The van der Waals surface area contributed by atoms with Gasteiger partial charge in [-0.2, -0.15) is 0 Å². The van der Waals surface area contributed by atoms with E-state index in [0.717, 1.165) is 0 Å². The average Bonchev–Trinajstić information content (AvgIpc) is 2.77. The molecule has 2 rings (SSSR count). The van der Waals surface area contributed by atoms with Crippen LogP contribution in [-0.2, 0) is 4.79 Å². The number of carboxylic acid groups (broad SMARTS) is 1. The lowest BCUT2D eigenvalue weighted by molar-refractivity contribution is -0.141. The van der Waals surface area contributed by atoms with Crippen LogP contribution in [0.5, 0.6) is 0 Å². The van der Waals surface area contributed by atoms with E-state index < -0.39 is 17.9 Å². The SMILES string of the molecule is CC1SCC(C(=O)O)N1C(=O)c1ncc(Cl)c(Cl)c1Cl. The summed E-state index contributed by atoms with van der Waals surface area (Å²) >= 11 is 19.0. The van der Waals surface area contributed by atoms with E-state index in [1.54, 1.807) is 6.92 Å². The molecule has 2 unspecified atom stereocenters. The smallest absolute Gasteiger partial charge is 0.327 e. The number of nitrogens with zero attached hydrogens (tertiary/aromatic N) is 2. The minimum absolute atomic E-state index is 0.0260. The Labute approximate surface area is 134 Å². The molecule has 108 valence electrons. The zero-order chi connectivity index (χ0) is 15.0. The molecule has 1 saturated heterocycles. The summed E-state index contributed by atoms with van der Waals surface area (Å²) in [6, 6.07) is -0.908. The average molecular weight is 356 g/mol. The second kappa shape index (κ2) is 5.97. The summed E-state index contributed by atoms with van der Waals surface area (Å²) in [7, 11) is 0. The van der Waals surface area contributed by atoms with Crippen LogP contribution in [0.25, 0.3) is 0 Å². The molecule has 0 radical (unpaired) electrons. The summed E-state index contributed by atoms with van der Waals surface area (Å²) in [5.74, 6) is -1.31. The Bertz CT molecular complexity index is 584. The number of hydrogen-bond donors (Lipinski definition) is 1. The molecule has 0 saturated carbocycles. The Morgan fingerprint density at radius 2 is 2.05 bits per heavy atom. The molecule has 0 aromatic carbocycles. The number of aromatic nitrogens is 1. The van der Waals surface area contributed by atoms with E-state index in [2.05, 4.69) is 4.98 Å². The van der Waals surface area contributed by atoms with Gasteiger partial charge < -0.3 is 10.0 Å². The van der Waals surface area contributed by atoms with E-state index in [9.17, 15) is 9.59 Å². The first-order chi connectivity index (χ1) is 9.34. The number of amides is 1. The van der Waals surface area contributed by atoms with Gasteiger partial charge in [0.15, 0.2) is 0 Å². The highest BCUT2D eigenvalue weighted by atomic mass is 35.5. The van der Waals surface area contributed by atoms with Crippen LogP contribution in [-0.4, -0.2) is 44.0 Å². The molecule has 2 heterocycles. The highest BCUT2D eigenvalue weighted by Crippen LogP contribution is 2.35. The Morgan fingerprint density at radius 1 is 1.40 bits per heavy atom. The summed E-state index contributed by atoms with van der Waals surface area (Å²) < 4.78 is 0. The predicted octanol–water partition coefficient (Wildman–Crippen LogP) is 3.03. The first kappa shape index (κ1) is 15.7. The quantitative estimate of drug-likeness (QED) is 0.883. The topological polar surface area (TPSA) is 70.5 Å². The van der Waals surface area contributed by atoms with Crippen molar-refractivity contribution in [1.29, 1.82) is 0 Å². The van der Waals surface area contributed by atoms with Gasteiger partial charge in [0.25, 0.3) is 5.91 Å². The van der Waals surface area contributed by atoms with Crippen molar-refractivity contribution in [3.63, 3.8) is 0 Å². The minimum atomic E-state index is -1.06. The van der Waals surface area contributed by atoms with E-state index in [4.69, 9.17) is 39.9 Å². The Kier molecular flexibility index (Phi) is 4.69. The van der Waals surface area contributed by atoms with E-state index in [1.807, 2.05) is 0 Å². The van der Waals surface area contributed by atoms with E-state index in [1.165, 1.54) is 22.9 Å². The molecular formula is C11H9Cl3N2O3S. The van der Waals surface area contributed by atoms with Gasteiger partial charge in [0, 0.05) is 11.9 Å². The van der Waals surface area contributed by atoms with Gasteiger partial charge in [0.05, 0.1) is 20.4 Å². The highest BCUT2D eigenvalue weighted by Gasteiger charge is 2.41. The highest BCUT2D eigenvalue weighted by molar-refractivity contribution is 8.00. The van der Waals surface area contributed by atoms with Gasteiger partial charge in [-0.1, -0.05) is 34.8 Å². The first-order valence-corrected chi connectivity index (χ1v) is 7.69. The summed E-state index contributed by atoms with van der Waals surface area (Å²) in [5, 5.41) is 8.96. The molecule has 1 aromatic rings. The summed E-state index contributed by atoms with van der Waals surface area (Å²) in [6.45, 7) is 1.75. The maximum absolute atomic E-state index is 12.5.